The molecule has 1 aliphatic heterocycles. The van der Waals surface area contributed by atoms with Crippen LogP contribution in [0.4, 0.5) is 0 Å². The number of rotatable bonds is 40. The minimum Gasteiger partial charge on any atom is -0.462 e. The van der Waals surface area contributed by atoms with Gasteiger partial charge in [-0.1, -0.05) is 168 Å². The van der Waals surface area contributed by atoms with E-state index in [4.69, 9.17) is 28.0 Å². The molecule has 2 rings (SSSR count). The van der Waals surface area contributed by atoms with Crippen molar-refractivity contribution in [3.63, 3.8) is 0 Å². The maximum Gasteiger partial charge on any atom is 0.475 e. The van der Waals surface area contributed by atoms with Crippen LogP contribution in [0.3, 0.4) is 0 Å². The molecule has 2 fully saturated rings. The van der Waals surface area contributed by atoms with Gasteiger partial charge in [-0.25, -0.2) is 9.09 Å². The molecule has 13 atom stereocenters. The maximum absolute atomic E-state index is 13.6. The van der Waals surface area contributed by atoms with Crippen molar-refractivity contribution in [1.29, 1.82) is 0 Å². The van der Waals surface area contributed by atoms with E-state index in [-0.39, 0.29) is 12.8 Å². The second-order valence-corrected chi connectivity index (χ2v) is 20.7. The summed E-state index contributed by atoms with van der Waals surface area (Å²) in [6, 6.07) is -1.70. The zero-order valence-corrected chi connectivity index (χ0v) is 43.2. The highest BCUT2D eigenvalue weighted by Gasteiger charge is 2.64. The summed E-state index contributed by atoms with van der Waals surface area (Å²) in [5, 5.41) is 87.9. The zero-order chi connectivity index (χ0) is 52.0. The maximum atomic E-state index is 13.6. The Labute approximate surface area is 416 Å². The molecule has 1 aliphatic carbocycles. The first-order valence-electron chi connectivity index (χ1n) is 26.4. The Kier molecular flexibility index (Phi) is 33.2. The van der Waals surface area contributed by atoms with E-state index in [0.717, 1.165) is 64.7 Å². The molecule has 0 aromatic carbocycles. The SMILES string of the molecule is CCCCCCCCCCCCCCCC(=O)OCC(COP(=O)(O)O[C@@]1(O)[C@H](O)[C@H](O)[C@@H](O)[C@H](O)[C@H]1O[C@H]1O[C@H](CO)[C@@H](O)[C@H](O)[C@H]1NC(C)=O)OC(=O)CCCCCCCCCCCCCCC. The van der Waals surface area contributed by atoms with Crippen molar-refractivity contribution in [2.45, 2.75) is 274 Å². The largest absolute Gasteiger partial charge is 0.475 e. The van der Waals surface area contributed by atoms with E-state index < -0.39 is 119 Å². The highest BCUT2D eigenvalue weighted by atomic mass is 31.2. The highest BCUT2D eigenvalue weighted by molar-refractivity contribution is 7.47. The molecule has 0 aromatic rings. The third kappa shape index (κ3) is 24.4. The molecule has 1 saturated heterocycles. The Balaban J connectivity index is 2.06. The lowest BCUT2D eigenvalue weighted by molar-refractivity contribution is -0.379. The van der Waals surface area contributed by atoms with Gasteiger partial charge in [-0.2, -0.15) is 0 Å². The number of nitrogens with one attached hydrogen (secondary N) is 1. The standard InChI is InChI=1S/C49H92NO19P/c1-4-6-8-10-12-14-16-18-20-22-24-26-28-30-38(53)64-33-36(66-39(54)31-29-27-25-23-21-19-17-15-13-11-9-7-5-2)34-65-70(62,63)69-49(61)46(60)44(58)43(57)45(59)47(49)68-48-40(50-35(3)52)42(56)41(55)37(32-51)67-48/h36-37,40-48,51,55-61H,4-34H2,1-3H3,(H,50,52)(H,62,63)/t36?,37-,40-,41-,42-,43-,44-,45+,46-,47-,48-,49+/m1/s1. The quantitative estimate of drug-likeness (QED) is 0.0167. The van der Waals surface area contributed by atoms with Crippen molar-refractivity contribution in [3.8, 4) is 0 Å². The van der Waals surface area contributed by atoms with Crippen molar-refractivity contribution in [2.75, 3.05) is 19.8 Å². The number of aliphatic hydroxyl groups excluding tert-OH is 7. The van der Waals surface area contributed by atoms with Crippen molar-refractivity contribution in [3.05, 3.63) is 0 Å². The van der Waals surface area contributed by atoms with Crippen LogP contribution in [0, 0.1) is 0 Å². The number of carbonyl (C=O) groups is 3. The molecule has 2 aliphatic rings. The van der Waals surface area contributed by atoms with Gasteiger partial charge >= 0.3 is 19.8 Å². The number of hydrogen-bond acceptors (Lipinski definition) is 18. The number of ether oxygens (including phenoxy) is 4. The summed E-state index contributed by atoms with van der Waals surface area (Å²) in [6.07, 6.45) is 7.67. The number of esters is 2. The van der Waals surface area contributed by atoms with Gasteiger partial charge in [-0.3, -0.25) is 18.9 Å². The van der Waals surface area contributed by atoms with E-state index in [9.17, 15) is 64.7 Å². The molecule has 21 heteroatoms. The molecule has 0 radical (unpaired) electrons. The summed E-state index contributed by atoms with van der Waals surface area (Å²) in [4.78, 5) is 48.7. The number of amides is 1. The van der Waals surface area contributed by atoms with Crippen LogP contribution in [0.5, 0.6) is 0 Å². The number of unbranched alkanes of at least 4 members (excludes halogenated alkanes) is 24. The Morgan fingerprint density at radius 3 is 1.50 bits per heavy atom. The van der Waals surface area contributed by atoms with Crippen LogP contribution in [-0.4, -0.2) is 156 Å². The number of phosphoric ester groups is 1. The number of carbonyl (C=O) groups excluding carboxylic acids is 3. The molecule has 1 heterocycles. The first-order valence-corrected chi connectivity index (χ1v) is 27.9. The fraction of sp³-hybridized carbons (Fsp3) is 0.939. The fourth-order valence-electron chi connectivity index (χ4n) is 8.82. The molecule has 1 amide bonds. The summed E-state index contributed by atoms with van der Waals surface area (Å²) in [5.41, 5.74) is 0. The van der Waals surface area contributed by atoms with Gasteiger partial charge in [0.2, 0.25) is 11.7 Å². The van der Waals surface area contributed by atoms with Gasteiger partial charge in [0, 0.05) is 19.8 Å². The minimum atomic E-state index is -5.71. The lowest BCUT2D eigenvalue weighted by atomic mass is 9.82. The van der Waals surface area contributed by atoms with Crippen LogP contribution in [0.25, 0.3) is 0 Å². The smallest absolute Gasteiger partial charge is 0.462 e. The van der Waals surface area contributed by atoms with E-state index in [2.05, 4.69) is 19.2 Å². The number of phosphoric acid groups is 1. The Morgan fingerprint density at radius 1 is 0.614 bits per heavy atom. The third-order valence-corrected chi connectivity index (χ3v) is 14.1. The van der Waals surface area contributed by atoms with Gasteiger partial charge in [0.1, 0.15) is 61.5 Å². The van der Waals surface area contributed by atoms with Crippen LogP contribution in [0.15, 0.2) is 0 Å². The first kappa shape index (κ1) is 64.2. The average molecular weight is 1030 g/mol. The number of hydrogen-bond donors (Lipinski definition) is 10. The molecule has 0 spiro atoms. The topological polar surface area (TPSA) is 318 Å². The molecular weight excluding hydrogens is 938 g/mol. The second-order valence-electron chi connectivity index (χ2n) is 19.3. The van der Waals surface area contributed by atoms with Gasteiger partial charge in [0.15, 0.2) is 12.4 Å². The summed E-state index contributed by atoms with van der Waals surface area (Å²) in [7, 11) is -5.71. The van der Waals surface area contributed by atoms with Crippen molar-refractivity contribution in [2.24, 2.45) is 0 Å². The van der Waals surface area contributed by atoms with Gasteiger partial charge in [0.05, 0.1) is 13.2 Å². The van der Waals surface area contributed by atoms with Crippen LogP contribution in [-0.2, 0) is 46.9 Å². The van der Waals surface area contributed by atoms with Crippen LogP contribution < -0.4 is 5.32 Å². The van der Waals surface area contributed by atoms with E-state index >= 15 is 0 Å². The summed E-state index contributed by atoms with van der Waals surface area (Å²) >= 11 is 0. The Morgan fingerprint density at radius 2 is 1.06 bits per heavy atom. The second kappa shape index (κ2) is 36.1. The van der Waals surface area contributed by atoms with Crippen LogP contribution in [0.2, 0.25) is 0 Å². The van der Waals surface area contributed by atoms with E-state index in [1.165, 1.54) is 96.3 Å². The lowest BCUT2D eigenvalue weighted by Crippen LogP contribution is -2.74. The summed E-state index contributed by atoms with van der Waals surface area (Å²) < 4.78 is 45.6. The highest BCUT2D eigenvalue weighted by Crippen LogP contribution is 2.51. The van der Waals surface area contributed by atoms with Crippen LogP contribution in [0.1, 0.15) is 201 Å². The molecule has 20 nitrogen and oxygen atoms in total. The normalized spacial score (nSPS) is 28.2. The molecule has 0 aromatic heterocycles. The van der Waals surface area contributed by atoms with Gasteiger partial charge in [-0.15, -0.1) is 0 Å². The van der Waals surface area contributed by atoms with Crippen molar-refractivity contribution >= 4 is 25.7 Å². The van der Waals surface area contributed by atoms with Gasteiger partial charge in [-0.05, 0) is 12.8 Å². The summed E-state index contributed by atoms with van der Waals surface area (Å²) in [6.45, 7) is 2.97. The fourth-order valence-corrected chi connectivity index (χ4v) is 9.81. The van der Waals surface area contributed by atoms with E-state index in [1.54, 1.807) is 0 Å². The van der Waals surface area contributed by atoms with E-state index in [1.807, 2.05) is 0 Å². The lowest BCUT2D eigenvalue weighted by Gasteiger charge is -2.51. The molecule has 0 bridgehead atoms. The zero-order valence-electron chi connectivity index (χ0n) is 42.3. The van der Waals surface area contributed by atoms with Gasteiger partial charge < -0.3 is 70.0 Å². The predicted molar refractivity (Wildman–Crippen MR) is 258 cm³/mol. The predicted octanol–water partition coefficient (Wildman–Crippen LogP) is 5.01. The molecular formula is C49H92NO19P. The molecule has 70 heavy (non-hydrogen) atoms. The summed E-state index contributed by atoms with van der Waals surface area (Å²) in [5.74, 6) is -5.75. The third-order valence-electron chi connectivity index (χ3n) is 13.1. The molecule has 412 valence electrons. The average Bonchev–Trinajstić information content (AvgIpc) is 3.32. The number of aliphatic hydroxyl groups is 8. The monoisotopic (exact) mass is 1030 g/mol. The van der Waals surface area contributed by atoms with Gasteiger partial charge in [0.25, 0.3) is 0 Å². The minimum absolute atomic E-state index is 0.0108. The molecule has 10 N–H and O–H groups in total. The first-order chi connectivity index (χ1) is 33.4. The van der Waals surface area contributed by atoms with Crippen LogP contribution >= 0.6 is 7.82 Å². The Bertz CT molecular complexity index is 1470. The molecule has 1 saturated carbocycles. The molecule has 2 unspecified atom stereocenters. The van der Waals surface area contributed by atoms with Crippen molar-refractivity contribution < 1.29 is 92.7 Å². The Hall–Kier alpha value is -1.88. The van der Waals surface area contributed by atoms with Crippen molar-refractivity contribution in [1.82, 2.24) is 5.32 Å². The van der Waals surface area contributed by atoms with E-state index in [0.29, 0.717) is 12.8 Å².